The van der Waals surface area contributed by atoms with Gasteiger partial charge in [-0.2, -0.15) is 0 Å². The summed E-state index contributed by atoms with van der Waals surface area (Å²) >= 11 is 0. The van der Waals surface area contributed by atoms with Crippen molar-refractivity contribution >= 4 is 11.6 Å². The first kappa shape index (κ1) is 9.85. The largest absolute Gasteiger partial charge is 0.326 e. The number of para-hydroxylation sites is 1. The number of nitrogens with zero attached hydrogens (tertiary/aromatic N) is 1. The van der Waals surface area contributed by atoms with Crippen LogP contribution in [0.2, 0.25) is 0 Å². The molecule has 1 unspecified atom stereocenters. The number of benzene rings is 1. The summed E-state index contributed by atoms with van der Waals surface area (Å²) in [6, 6.07) is 8.18. The highest BCUT2D eigenvalue weighted by atomic mass is 16.2. The van der Waals surface area contributed by atoms with Gasteiger partial charge in [-0.3, -0.25) is 4.79 Å². The SMILES string of the molecule is NC1Cc2ccccc2N(C(=O)C2CC2)C1. The molecule has 2 aliphatic rings. The number of carbonyl (C=O) groups excluding carboxylic acids is 1. The molecule has 1 amide bonds. The number of carbonyl (C=O) groups is 1. The summed E-state index contributed by atoms with van der Waals surface area (Å²) in [5.74, 6) is 0.529. The third-order valence-corrected chi connectivity index (χ3v) is 3.37. The van der Waals surface area contributed by atoms with Gasteiger partial charge in [0, 0.05) is 24.2 Å². The Morgan fingerprint density at radius 3 is 2.81 bits per heavy atom. The highest BCUT2D eigenvalue weighted by molar-refractivity contribution is 5.97. The predicted octanol–water partition coefficient (Wildman–Crippen LogP) is 1.31. The second kappa shape index (κ2) is 3.59. The normalized spacial score (nSPS) is 24.1. The molecule has 0 spiro atoms. The van der Waals surface area contributed by atoms with Gasteiger partial charge in [0.25, 0.3) is 0 Å². The maximum atomic E-state index is 12.1. The zero-order valence-electron chi connectivity index (χ0n) is 9.23. The van der Waals surface area contributed by atoms with E-state index < -0.39 is 0 Å². The monoisotopic (exact) mass is 216 g/mol. The molecule has 0 saturated heterocycles. The summed E-state index contributed by atoms with van der Waals surface area (Å²) in [5.41, 5.74) is 8.28. The van der Waals surface area contributed by atoms with Crippen LogP contribution in [0.25, 0.3) is 0 Å². The smallest absolute Gasteiger partial charge is 0.230 e. The van der Waals surface area contributed by atoms with E-state index in [2.05, 4.69) is 6.07 Å². The van der Waals surface area contributed by atoms with Gasteiger partial charge >= 0.3 is 0 Å². The van der Waals surface area contributed by atoms with E-state index in [0.717, 1.165) is 24.9 Å². The molecule has 84 valence electrons. The minimum Gasteiger partial charge on any atom is -0.326 e. The number of rotatable bonds is 1. The van der Waals surface area contributed by atoms with Crippen molar-refractivity contribution < 1.29 is 4.79 Å². The Hall–Kier alpha value is -1.35. The molecule has 1 fully saturated rings. The zero-order valence-corrected chi connectivity index (χ0v) is 9.23. The van der Waals surface area contributed by atoms with Crippen LogP contribution in [0.3, 0.4) is 0 Å². The van der Waals surface area contributed by atoms with Crippen molar-refractivity contribution in [1.29, 1.82) is 0 Å². The summed E-state index contributed by atoms with van der Waals surface area (Å²) in [6.45, 7) is 0.673. The van der Waals surface area contributed by atoms with Gasteiger partial charge in [-0.1, -0.05) is 18.2 Å². The highest BCUT2D eigenvalue weighted by Crippen LogP contribution is 2.35. The molecule has 2 N–H and O–H groups in total. The summed E-state index contributed by atoms with van der Waals surface area (Å²) in [5, 5.41) is 0. The topological polar surface area (TPSA) is 46.3 Å². The van der Waals surface area contributed by atoms with Gasteiger partial charge in [-0.15, -0.1) is 0 Å². The third kappa shape index (κ3) is 1.61. The zero-order chi connectivity index (χ0) is 11.1. The number of fused-ring (bicyclic) bond motifs is 1. The third-order valence-electron chi connectivity index (χ3n) is 3.37. The van der Waals surface area contributed by atoms with E-state index in [4.69, 9.17) is 5.73 Å². The summed E-state index contributed by atoms with van der Waals surface area (Å²) in [7, 11) is 0. The van der Waals surface area contributed by atoms with Crippen LogP contribution in [0, 0.1) is 5.92 Å². The van der Waals surface area contributed by atoms with Crippen molar-refractivity contribution in [3.63, 3.8) is 0 Å². The molecular weight excluding hydrogens is 200 g/mol. The van der Waals surface area contributed by atoms with Crippen molar-refractivity contribution in [2.24, 2.45) is 11.7 Å². The Morgan fingerprint density at radius 1 is 1.31 bits per heavy atom. The summed E-state index contributed by atoms with van der Waals surface area (Å²) < 4.78 is 0. The molecule has 1 heterocycles. The second-order valence-electron chi connectivity index (χ2n) is 4.82. The minimum absolute atomic E-state index is 0.0811. The fourth-order valence-electron chi connectivity index (χ4n) is 2.39. The van der Waals surface area contributed by atoms with Gasteiger partial charge < -0.3 is 10.6 Å². The molecule has 3 heteroatoms. The number of nitrogens with two attached hydrogens (primary N) is 1. The lowest BCUT2D eigenvalue weighted by Crippen LogP contribution is -2.46. The van der Waals surface area contributed by atoms with Crippen molar-refractivity contribution in [3.8, 4) is 0 Å². The van der Waals surface area contributed by atoms with E-state index in [1.165, 1.54) is 5.56 Å². The summed E-state index contributed by atoms with van der Waals surface area (Å²) in [4.78, 5) is 14.0. The van der Waals surface area contributed by atoms with Crippen molar-refractivity contribution in [2.45, 2.75) is 25.3 Å². The molecule has 1 aromatic rings. The van der Waals surface area contributed by atoms with Crippen molar-refractivity contribution in [3.05, 3.63) is 29.8 Å². The molecule has 1 aliphatic carbocycles. The van der Waals surface area contributed by atoms with E-state index in [9.17, 15) is 4.79 Å². The van der Waals surface area contributed by atoms with Crippen LogP contribution in [-0.2, 0) is 11.2 Å². The lowest BCUT2D eigenvalue weighted by molar-refractivity contribution is -0.119. The van der Waals surface area contributed by atoms with E-state index in [1.807, 2.05) is 23.1 Å². The van der Waals surface area contributed by atoms with Crippen LogP contribution < -0.4 is 10.6 Å². The van der Waals surface area contributed by atoms with Crippen molar-refractivity contribution in [2.75, 3.05) is 11.4 Å². The molecule has 3 nitrogen and oxygen atoms in total. The minimum atomic E-state index is 0.0811. The standard InChI is InChI=1S/C13H16N2O/c14-11-7-10-3-1-2-4-12(10)15(8-11)13(16)9-5-6-9/h1-4,9,11H,5-8,14H2. The first-order valence-corrected chi connectivity index (χ1v) is 5.90. The highest BCUT2D eigenvalue weighted by Gasteiger charge is 2.36. The number of anilines is 1. The van der Waals surface area contributed by atoms with Gasteiger partial charge in [0.05, 0.1) is 0 Å². The fourth-order valence-corrected chi connectivity index (χ4v) is 2.39. The molecule has 0 bridgehead atoms. The van der Waals surface area contributed by atoms with Crippen LogP contribution in [0.1, 0.15) is 18.4 Å². The van der Waals surface area contributed by atoms with Crippen LogP contribution in [0.15, 0.2) is 24.3 Å². The maximum absolute atomic E-state index is 12.1. The predicted molar refractivity (Wildman–Crippen MR) is 63.2 cm³/mol. The van der Waals surface area contributed by atoms with E-state index in [1.54, 1.807) is 0 Å². The molecular formula is C13H16N2O. The van der Waals surface area contributed by atoms with Crippen LogP contribution in [-0.4, -0.2) is 18.5 Å². The lowest BCUT2D eigenvalue weighted by atomic mass is 9.98. The summed E-state index contributed by atoms with van der Waals surface area (Å²) in [6.07, 6.45) is 2.98. The van der Waals surface area contributed by atoms with E-state index in [0.29, 0.717) is 6.54 Å². The molecule has 1 aliphatic heterocycles. The van der Waals surface area contributed by atoms with E-state index >= 15 is 0 Å². The van der Waals surface area contributed by atoms with Crippen LogP contribution in [0.5, 0.6) is 0 Å². The maximum Gasteiger partial charge on any atom is 0.230 e. The van der Waals surface area contributed by atoms with Crippen LogP contribution >= 0.6 is 0 Å². The molecule has 1 saturated carbocycles. The number of hydrogen-bond donors (Lipinski definition) is 1. The van der Waals surface area contributed by atoms with Gasteiger partial charge in [0.1, 0.15) is 0 Å². The van der Waals surface area contributed by atoms with E-state index in [-0.39, 0.29) is 17.9 Å². The van der Waals surface area contributed by atoms with Gasteiger partial charge in [-0.05, 0) is 30.9 Å². The Bertz CT molecular complexity index is 426. The fraction of sp³-hybridized carbons (Fsp3) is 0.462. The Morgan fingerprint density at radius 2 is 2.06 bits per heavy atom. The molecule has 3 rings (SSSR count). The molecule has 0 aromatic heterocycles. The Kier molecular flexibility index (Phi) is 2.21. The number of hydrogen-bond acceptors (Lipinski definition) is 2. The first-order chi connectivity index (χ1) is 7.75. The Balaban J connectivity index is 1.96. The number of amides is 1. The average molecular weight is 216 g/mol. The average Bonchev–Trinajstić information content (AvgIpc) is 3.10. The molecule has 0 radical (unpaired) electrons. The van der Waals surface area contributed by atoms with Gasteiger partial charge in [0.15, 0.2) is 0 Å². The van der Waals surface area contributed by atoms with Crippen molar-refractivity contribution in [1.82, 2.24) is 0 Å². The molecule has 1 aromatic carbocycles. The lowest BCUT2D eigenvalue weighted by Gasteiger charge is -2.33. The molecule has 1 atom stereocenters. The molecule has 16 heavy (non-hydrogen) atoms. The quantitative estimate of drug-likeness (QED) is 0.769. The van der Waals surface area contributed by atoms with Crippen LogP contribution in [0.4, 0.5) is 5.69 Å². The van der Waals surface area contributed by atoms with Gasteiger partial charge in [0.2, 0.25) is 5.91 Å². The Labute approximate surface area is 95.2 Å². The first-order valence-electron chi connectivity index (χ1n) is 5.90. The second-order valence-corrected chi connectivity index (χ2v) is 4.82. The van der Waals surface area contributed by atoms with Gasteiger partial charge in [-0.25, -0.2) is 0 Å².